The van der Waals surface area contributed by atoms with Crippen LogP contribution in [0.1, 0.15) is 26.0 Å². The SMILES string of the molecule is CNC(Cc1cn(C)nn1)C1CC1(C)C. The van der Waals surface area contributed by atoms with Crippen molar-refractivity contribution in [1.82, 2.24) is 20.3 Å². The number of likely N-dealkylation sites (N-methyl/N-ethyl adjacent to an activating group) is 1. The van der Waals surface area contributed by atoms with Crippen molar-refractivity contribution in [2.75, 3.05) is 7.05 Å². The molecule has 1 aromatic rings. The maximum absolute atomic E-state index is 4.13. The van der Waals surface area contributed by atoms with Gasteiger partial charge in [0, 0.05) is 25.7 Å². The maximum atomic E-state index is 4.13. The summed E-state index contributed by atoms with van der Waals surface area (Å²) < 4.78 is 1.76. The van der Waals surface area contributed by atoms with E-state index in [9.17, 15) is 0 Å². The number of hydrogen-bond donors (Lipinski definition) is 1. The van der Waals surface area contributed by atoms with Crippen LogP contribution in [0.15, 0.2) is 6.20 Å². The fourth-order valence-corrected chi connectivity index (χ4v) is 2.35. The quantitative estimate of drug-likeness (QED) is 0.802. The van der Waals surface area contributed by atoms with Gasteiger partial charge in [-0.3, -0.25) is 4.68 Å². The van der Waals surface area contributed by atoms with Crippen LogP contribution in [0.4, 0.5) is 0 Å². The number of hydrogen-bond acceptors (Lipinski definition) is 3. The molecule has 1 fully saturated rings. The first-order valence-electron chi connectivity index (χ1n) is 5.55. The van der Waals surface area contributed by atoms with Crippen LogP contribution in [-0.4, -0.2) is 28.1 Å². The van der Waals surface area contributed by atoms with Crippen molar-refractivity contribution in [3.8, 4) is 0 Å². The predicted octanol–water partition coefficient (Wildman–Crippen LogP) is 0.992. The largest absolute Gasteiger partial charge is 0.316 e. The highest BCUT2D eigenvalue weighted by atomic mass is 15.4. The van der Waals surface area contributed by atoms with Gasteiger partial charge in [0.05, 0.1) is 5.69 Å². The minimum atomic E-state index is 0.510. The minimum absolute atomic E-state index is 0.510. The van der Waals surface area contributed by atoms with Crippen molar-refractivity contribution >= 4 is 0 Å². The standard InChI is InChI=1S/C11H20N4/c1-11(2)6-9(11)10(12-3)5-8-7-15(4)14-13-8/h7,9-10,12H,5-6H2,1-4H3. The van der Waals surface area contributed by atoms with E-state index in [4.69, 9.17) is 0 Å². The van der Waals surface area contributed by atoms with Crippen molar-refractivity contribution < 1.29 is 0 Å². The third kappa shape index (κ3) is 2.20. The topological polar surface area (TPSA) is 42.7 Å². The van der Waals surface area contributed by atoms with Gasteiger partial charge in [-0.25, -0.2) is 0 Å². The van der Waals surface area contributed by atoms with Crippen LogP contribution in [0.5, 0.6) is 0 Å². The Hall–Kier alpha value is -0.900. The molecule has 15 heavy (non-hydrogen) atoms. The van der Waals surface area contributed by atoms with E-state index in [0.717, 1.165) is 18.0 Å². The fraction of sp³-hybridized carbons (Fsp3) is 0.818. The highest BCUT2D eigenvalue weighted by molar-refractivity contribution is 5.06. The Labute approximate surface area is 91.1 Å². The summed E-state index contributed by atoms with van der Waals surface area (Å²) in [5.41, 5.74) is 1.59. The van der Waals surface area contributed by atoms with E-state index < -0.39 is 0 Å². The summed E-state index contributed by atoms with van der Waals surface area (Å²) in [5.74, 6) is 0.782. The zero-order valence-electron chi connectivity index (χ0n) is 9.99. The van der Waals surface area contributed by atoms with E-state index in [2.05, 4.69) is 29.5 Å². The number of aromatic nitrogens is 3. The van der Waals surface area contributed by atoms with Gasteiger partial charge >= 0.3 is 0 Å². The third-order valence-corrected chi connectivity index (χ3v) is 3.53. The van der Waals surface area contributed by atoms with E-state index in [1.165, 1.54) is 6.42 Å². The molecule has 2 rings (SSSR count). The highest BCUT2D eigenvalue weighted by Crippen LogP contribution is 2.53. The highest BCUT2D eigenvalue weighted by Gasteiger charge is 2.49. The predicted molar refractivity (Wildman–Crippen MR) is 59.4 cm³/mol. The van der Waals surface area contributed by atoms with Crippen LogP contribution in [0, 0.1) is 11.3 Å². The molecular formula is C11H20N4. The first-order chi connectivity index (χ1) is 7.03. The Balaban J connectivity index is 1.98. The average Bonchev–Trinajstić information content (AvgIpc) is 2.59. The van der Waals surface area contributed by atoms with Crippen LogP contribution in [0.3, 0.4) is 0 Å². The second-order valence-corrected chi connectivity index (χ2v) is 5.28. The second kappa shape index (κ2) is 3.59. The molecule has 1 heterocycles. The lowest BCUT2D eigenvalue weighted by Gasteiger charge is -2.16. The Morgan fingerprint density at radius 3 is 2.73 bits per heavy atom. The molecule has 1 saturated carbocycles. The molecule has 1 aliphatic rings. The Morgan fingerprint density at radius 1 is 1.67 bits per heavy atom. The Bertz CT molecular complexity index is 342. The summed E-state index contributed by atoms with van der Waals surface area (Å²) >= 11 is 0. The summed E-state index contributed by atoms with van der Waals surface area (Å²) in [4.78, 5) is 0. The first-order valence-corrected chi connectivity index (χ1v) is 5.55. The minimum Gasteiger partial charge on any atom is -0.316 e. The van der Waals surface area contributed by atoms with E-state index >= 15 is 0 Å². The van der Waals surface area contributed by atoms with Gasteiger partial charge in [-0.1, -0.05) is 19.1 Å². The Morgan fingerprint density at radius 2 is 2.33 bits per heavy atom. The summed E-state index contributed by atoms with van der Waals surface area (Å²) in [6, 6.07) is 0.539. The van der Waals surface area contributed by atoms with Crippen LogP contribution >= 0.6 is 0 Å². The monoisotopic (exact) mass is 208 g/mol. The summed E-state index contributed by atoms with van der Waals surface area (Å²) in [6.07, 6.45) is 4.30. The van der Waals surface area contributed by atoms with Crippen LogP contribution in [0.25, 0.3) is 0 Å². The molecule has 4 nitrogen and oxygen atoms in total. The van der Waals surface area contributed by atoms with Crippen LogP contribution in [-0.2, 0) is 13.5 Å². The van der Waals surface area contributed by atoms with Gasteiger partial charge in [0.2, 0.25) is 0 Å². The molecule has 0 aromatic carbocycles. The maximum Gasteiger partial charge on any atom is 0.0842 e. The van der Waals surface area contributed by atoms with Gasteiger partial charge < -0.3 is 5.32 Å². The lowest BCUT2D eigenvalue weighted by molar-refractivity contribution is 0.423. The summed E-state index contributed by atoms with van der Waals surface area (Å²) in [7, 11) is 3.95. The molecule has 84 valence electrons. The Kier molecular flexibility index (Phi) is 2.54. The summed E-state index contributed by atoms with van der Waals surface area (Å²) in [6.45, 7) is 4.66. The molecule has 0 saturated heterocycles. The smallest absolute Gasteiger partial charge is 0.0842 e. The average molecular weight is 208 g/mol. The molecule has 0 aliphatic heterocycles. The van der Waals surface area contributed by atoms with Crippen molar-refractivity contribution in [3.05, 3.63) is 11.9 Å². The zero-order valence-corrected chi connectivity index (χ0v) is 9.99. The van der Waals surface area contributed by atoms with E-state index in [1.54, 1.807) is 4.68 Å². The van der Waals surface area contributed by atoms with Crippen LogP contribution in [0.2, 0.25) is 0 Å². The molecule has 2 atom stereocenters. The van der Waals surface area contributed by atoms with E-state index in [0.29, 0.717) is 11.5 Å². The van der Waals surface area contributed by atoms with Crippen LogP contribution < -0.4 is 5.32 Å². The zero-order chi connectivity index (χ0) is 11.1. The van der Waals surface area contributed by atoms with Crippen molar-refractivity contribution in [3.63, 3.8) is 0 Å². The molecule has 0 spiro atoms. The van der Waals surface area contributed by atoms with Crippen molar-refractivity contribution in [1.29, 1.82) is 0 Å². The molecule has 0 radical (unpaired) electrons. The number of nitrogens with zero attached hydrogens (tertiary/aromatic N) is 3. The normalized spacial score (nSPS) is 25.2. The second-order valence-electron chi connectivity index (χ2n) is 5.28. The molecular weight excluding hydrogens is 188 g/mol. The van der Waals surface area contributed by atoms with Crippen molar-refractivity contribution in [2.45, 2.75) is 32.7 Å². The first kappa shape index (κ1) is 10.6. The van der Waals surface area contributed by atoms with Gasteiger partial charge in [-0.05, 0) is 24.8 Å². The van der Waals surface area contributed by atoms with Gasteiger partial charge in [0.1, 0.15) is 0 Å². The molecule has 0 amide bonds. The lowest BCUT2D eigenvalue weighted by atomic mass is 10.0. The van der Waals surface area contributed by atoms with Crippen molar-refractivity contribution in [2.24, 2.45) is 18.4 Å². The van der Waals surface area contributed by atoms with Gasteiger partial charge in [-0.2, -0.15) is 0 Å². The van der Waals surface area contributed by atoms with Gasteiger partial charge in [0.25, 0.3) is 0 Å². The van der Waals surface area contributed by atoms with Gasteiger partial charge in [0.15, 0.2) is 0 Å². The fourth-order valence-electron chi connectivity index (χ4n) is 2.35. The molecule has 1 N–H and O–H groups in total. The third-order valence-electron chi connectivity index (χ3n) is 3.53. The molecule has 2 unspecified atom stereocenters. The molecule has 4 heteroatoms. The molecule has 0 bridgehead atoms. The van der Waals surface area contributed by atoms with E-state index in [1.807, 2.05) is 20.3 Å². The number of rotatable bonds is 4. The van der Waals surface area contributed by atoms with Gasteiger partial charge in [-0.15, -0.1) is 5.10 Å². The molecule has 1 aromatic heterocycles. The lowest BCUT2D eigenvalue weighted by Crippen LogP contribution is -2.31. The van der Waals surface area contributed by atoms with E-state index in [-0.39, 0.29) is 0 Å². The number of nitrogens with one attached hydrogen (secondary N) is 1. The molecule has 1 aliphatic carbocycles. The summed E-state index contributed by atoms with van der Waals surface area (Å²) in [5, 5.41) is 11.5. The number of aryl methyl sites for hydroxylation is 1.